The van der Waals surface area contributed by atoms with Gasteiger partial charge in [-0.2, -0.15) is 0 Å². The van der Waals surface area contributed by atoms with Crippen LogP contribution in [-0.4, -0.2) is 26.9 Å². The maximum absolute atomic E-state index is 14.6. The maximum atomic E-state index is 14.6. The van der Waals surface area contributed by atoms with Crippen LogP contribution >= 0.6 is 11.3 Å². The standard InChI is InChI=1S/C22H16F2N2O4S/c1-10-21(31-11(2)25-10)19(28)17-18(12-3-6-14(27)7-4-12)26(22(30)20(17)29)16-9-13(23)5-8-15(16)24/h3-9,18,27,29H,1-2H3. The van der Waals surface area contributed by atoms with E-state index in [-0.39, 0.29) is 16.2 Å². The molecule has 1 atom stereocenters. The van der Waals surface area contributed by atoms with Gasteiger partial charge in [0.25, 0.3) is 5.91 Å². The number of halogens is 2. The fraction of sp³-hybridized carbons (Fsp3) is 0.136. The van der Waals surface area contributed by atoms with Gasteiger partial charge in [-0.05, 0) is 43.7 Å². The van der Waals surface area contributed by atoms with Gasteiger partial charge in [0.15, 0.2) is 5.76 Å². The third-order valence-corrected chi connectivity index (χ3v) is 6.01. The van der Waals surface area contributed by atoms with Gasteiger partial charge in [0, 0.05) is 6.07 Å². The van der Waals surface area contributed by atoms with Gasteiger partial charge in [-0.25, -0.2) is 13.8 Å². The molecule has 6 nitrogen and oxygen atoms in total. The van der Waals surface area contributed by atoms with E-state index in [2.05, 4.69) is 4.98 Å². The van der Waals surface area contributed by atoms with Crippen molar-refractivity contribution < 1.29 is 28.6 Å². The molecule has 0 fully saturated rings. The number of amides is 1. The molecule has 1 aromatic heterocycles. The fourth-order valence-corrected chi connectivity index (χ4v) is 4.47. The third kappa shape index (κ3) is 3.46. The number of aryl methyl sites for hydroxylation is 2. The summed E-state index contributed by atoms with van der Waals surface area (Å²) in [7, 11) is 0. The Bertz CT molecular complexity index is 1250. The number of carbonyl (C=O) groups is 2. The molecule has 2 aromatic carbocycles. The van der Waals surface area contributed by atoms with Crippen molar-refractivity contribution >= 4 is 28.7 Å². The summed E-state index contributed by atoms with van der Waals surface area (Å²) >= 11 is 1.11. The molecule has 1 unspecified atom stereocenters. The molecule has 0 saturated heterocycles. The number of ketones is 1. The number of benzene rings is 2. The lowest BCUT2D eigenvalue weighted by Crippen LogP contribution is -2.32. The van der Waals surface area contributed by atoms with Crippen molar-refractivity contribution in [2.75, 3.05) is 4.90 Å². The molecule has 0 aliphatic carbocycles. The van der Waals surface area contributed by atoms with E-state index >= 15 is 0 Å². The molecular weight excluding hydrogens is 426 g/mol. The molecule has 1 aliphatic heterocycles. The number of thiazole rings is 1. The zero-order valence-corrected chi connectivity index (χ0v) is 17.2. The number of Topliss-reactive ketones (excluding diaryl/α,β-unsaturated/α-hetero) is 1. The summed E-state index contributed by atoms with van der Waals surface area (Å²) in [5.74, 6) is -4.27. The van der Waals surface area contributed by atoms with Crippen molar-refractivity contribution in [3.63, 3.8) is 0 Å². The molecular formula is C22H16F2N2O4S. The minimum absolute atomic E-state index is 0.0634. The highest BCUT2D eigenvalue weighted by molar-refractivity contribution is 7.14. The van der Waals surface area contributed by atoms with Crippen molar-refractivity contribution in [1.82, 2.24) is 4.98 Å². The van der Waals surface area contributed by atoms with E-state index in [1.165, 1.54) is 24.3 Å². The van der Waals surface area contributed by atoms with Crippen molar-refractivity contribution in [3.8, 4) is 5.75 Å². The third-order valence-electron chi connectivity index (χ3n) is 4.94. The first-order valence-corrected chi connectivity index (χ1v) is 10.00. The summed E-state index contributed by atoms with van der Waals surface area (Å²) in [6.45, 7) is 3.35. The normalized spacial score (nSPS) is 16.3. The molecule has 1 amide bonds. The first-order valence-electron chi connectivity index (χ1n) is 9.18. The van der Waals surface area contributed by atoms with Gasteiger partial charge in [0.1, 0.15) is 17.4 Å². The predicted molar refractivity (Wildman–Crippen MR) is 110 cm³/mol. The zero-order chi connectivity index (χ0) is 22.4. The Hall–Kier alpha value is -3.59. The van der Waals surface area contributed by atoms with Gasteiger partial charge >= 0.3 is 0 Å². The first-order chi connectivity index (χ1) is 14.7. The van der Waals surface area contributed by atoms with Crippen LogP contribution in [0, 0.1) is 25.5 Å². The van der Waals surface area contributed by atoms with Crippen molar-refractivity contribution in [2.45, 2.75) is 19.9 Å². The highest BCUT2D eigenvalue weighted by Gasteiger charge is 2.46. The van der Waals surface area contributed by atoms with Gasteiger partial charge in [0.05, 0.1) is 32.9 Å². The molecule has 9 heteroatoms. The van der Waals surface area contributed by atoms with E-state index in [9.17, 15) is 28.6 Å². The second-order valence-electron chi connectivity index (χ2n) is 7.00. The number of hydrogen-bond donors (Lipinski definition) is 2. The highest BCUT2D eigenvalue weighted by Crippen LogP contribution is 2.43. The summed E-state index contributed by atoms with van der Waals surface area (Å²) in [6.07, 6.45) is 0. The minimum atomic E-state index is -1.24. The summed E-state index contributed by atoms with van der Waals surface area (Å²) in [5, 5.41) is 20.9. The average molecular weight is 442 g/mol. The summed E-state index contributed by atoms with van der Waals surface area (Å²) in [6, 6.07) is 6.89. The number of phenols is 1. The van der Waals surface area contributed by atoms with E-state index in [4.69, 9.17) is 0 Å². The average Bonchev–Trinajstić information content (AvgIpc) is 3.20. The lowest BCUT2D eigenvalue weighted by Gasteiger charge is -2.27. The van der Waals surface area contributed by atoms with E-state index in [1.807, 2.05) is 0 Å². The largest absolute Gasteiger partial charge is 0.508 e. The number of nitrogens with zero attached hydrogens (tertiary/aromatic N) is 2. The number of carbonyl (C=O) groups excluding carboxylic acids is 2. The van der Waals surface area contributed by atoms with E-state index in [0.717, 1.165) is 34.4 Å². The topological polar surface area (TPSA) is 90.7 Å². The lowest BCUT2D eigenvalue weighted by atomic mass is 9.94. The Balaban J connectivity index is 1.93. The van der Waals surface area contributed by atoms with E-state index in [1.54, 1.807) is 13.8 Å². The molecule has 1 aliphatic rings. The van der Waals surface area contributed by atoms with Crippen LogP contribution in [0.15, 0.2) is 53.8 Å². The van der Waals surface area contributed by atoms with Gasteiger partial charge in [-0.3, -0.25) is 14.5 Å². The number of aromatic hydroxyl groups is 1. The van der Waals surface area contributed by atoms with E-state index in [0.29, 0.717) is 16.3 Å². The number of rotatable bonds is 4. The van der Waals surface area contributed by atoms with Gasteiger partial charge in [-0.15, -0.1) is 11.3 Å². The molecule has 0 radical (unpaired) electrons. The maximum Gasteiger partial charge on any atom is 0.294 e. The predicted octanol–water partition coefficient (Wildman–Crippen LogP) is 4.53. The highest BCUT2D eigenvalue weighted by atomic mass is 32.1. The first kappa shape index (κ1) is 20.7. The van der Waals surface area contributed by atoms with Crippen molar-refractivity contribution in [1.29, 1.82) is 0 Å². The SMILES string of the molecule is Cc1nc(C)c(C(=O)C2=C(O)C(=O)N(c3cc(F)ccc3F)C2c2ccc(O)cc2)s1. The fourth-order valence-electron chi connectivity index (χ4n) is 3.59. The van der Waals surface area contributed by atoms with Crippen molar-refractivity contribution in [2.24, 2.45) is 0 Å². The second-order valence-corrected chi connectivity index (χ2v) is 8.21. The molecule has 0 saturated carbocycles. The van der Waals surface area contributed by atoms with Crippen LogP contribution in [0.3, 0.4) is 0 Å². The van der Waals surface area contributed by atoms with Gasteiger partial charge in [0.2, 0.25) is 5.78 Å². The molecule has 2 heterocycles. The number of aromatic nitrogens is 1. The molecule has 0 bridgehead atoms. The van der Waals surface area contributed by atoms with Crippen LogP contribution in [0.2, 0.25) is 0 Å². The lowest BCUT2D eigenvalue weighted by molar-refractivity contribution is -0.117. The monoisotopic (exact) mass is 442 g/mol. The molecule has 3 aromatic rings. The molecule has 2 N–H and O–H groups in total. The summed E-state index contributed by atoms with van der Waals surface area (Å²) < 4.78 is 28.5. The summed E-state index contributed by atoms with van der Waals surface area (Å²) in [5.41, 5.74) is 0.0573. The summed E-state index contributed by atoms with van der Waals surface area (Å²) in [4.78, 5) is 31.6. The van der Waals surface area contributed by atoms with Gasteiger partial charge in [-0.1, -0.05) is 12.1 Å². The van der Waals surface area contributed by atoms with Crippen LogP contribution in [0.4, 0.5) is 14.5 Å². The van der Waals surface area contributed by atoms with Crippen LogP contribution in [0.5, 0.6) is 5.75 Å². The molecule has 0 spiro atoms. The van der Waals surface area contributed by atoms with Crippen LogP contribution in [-0.2, 0) is 4.79 Å². The van der Waals surface area contributed by atoms with Crippen molar-refractivity contribution in [3.05, 3.63) is 86.6 Å². The van der Waals surface area contributed by atoms with Gasteiger partial charge < -0.3 is 10.2 Å². The minimum Gasteiger partial charge on any atom is -0.508 e. The van der Waals surface area contributed by atoms with E-state index < -0.39 is 40.8 Å². The number of aliphatic hydroxyl groups excluding tert-OH is 1. The smallest absolute Gasteiger partial charge is 0.294 e. The zero-order valence-electron chi connectivity index (χ0n) is 16.4. The molecule has 4 rings (SSSR count). The van der Waals surface area contributed by atoms with Crippen LogP contribution < -0.4 is 4.90 Å². The number of hydrogen-bond acceptors (Lipinski definition) is 6. The Morgan fingerprint density at radius 1 is 1.10 bits per heavy atom. The molecule has 158 valence electrons. The van der Waals surface area contributed by atoms with Crippen LogP contribution in [0.1, 0.15) is 32.0 Å². The Labute approximate surface area is 179 Å². The number of aliphatic hydroxyl groups is 1. The molecule has 31 heavy (non-hydrogen) atoms. The quantitative estimate of drug-likeness (QED) is 0.580. The van der Waals surface area contributed by atoms with Crippen LogP contribution in [0.25, 0.3) is 0 Å². The Morgan fingerprint density at radius 2 is 1.77 bits per heavy atom. The Morgan fingerprint density at radius 3 is 2.39 bits per heavy atom. The number of anilines is 1. The second kappa shape index (κ2) is 7.59. The number of phenolic OH excluding ortho intramolecular Hbond substituents is 1. The Kier molecular flexibility index (Phi) is 5.06.